The second-order valence-electron chi connectivity index (χ2n) is 5.91. The Morgan fingerprint density at radius 2 is 1.46 bits per heavy atom. The first-order chi connectivity index (χ1) is 12.6. The lowest BCUT2D eigenvalue weighted by molar-refractivity contribution is 0.0469. The second kappa shape index (κ2) is 8.11. The fourth-order valence-electron chi connectivity index (χ4n) is 2.56. The second-order valence-corrected chi connectivity index (χ2v) is 6.76. The third-order valence-electron chi connectivity index (χ3n) is 4.02. The topological polar surface area (TPSA) is 43.4 Å². The van der Waals surface area contributed by atoms with Gasteiger partial charge in [0.15, 0.2) is 5.78 Å². The largest absolute Gasteiger partial charge is 0.457 e. The van der Waals surface area contributed by atoms with Crippen LogP contribution in [0.3, 0.4) is 0 Å². The van der Waals surface area contributed by atoms with Crippen LogP contribution in [0, 0.1) is 6.92 Å². The minimum absolute atomic E-state index is 0.132. The summed E-state index contributed by atoms with van der Waals surface area (Å²) in [5, 5.41) is 0. The number of hydrogen-bond acceptors (Lipinski definition) is 3. The van der Waals surface area contributed by atoms with Crippen LogP contribution in [0.4, 0.5) is 0 Å². The maximum absolute atomic E-state index is 12.8. The van der Waals surface area contributed by atoms with Gasteiger partial charge in [0.1, 0.15) is 6.61 Å². The smallest absolute Gasteiger partial charge is 0.339 e. The van der Waals surface area contributed by atoms with Gasteiger partial charge in [0.25, 0.3) is 0 Å². The van der Waals surface area contributed by atoms with E-state index in [9.17, 15) is 9.59 Å². The number of rotatable bonds is 5. The summed E-state index contributed by atoms with van der Waals surface area (Å²) in [5.41, 5.74) is 3.09. The number of hydrogen-bond donors (Lipinski definition) is 0. The normalized spacial score (nSPS) is 10.4. The molecule has 0 aliphatic carbocycles. The van der Waals surface area contributed by atoms with Crippen LogP contribution < -0.4 is 0 Å². The average Bonchev–Trinajstić information content (AvgIpc) is 2.67. The van der Waals surface area contributed by atoms with E-state index in [4.69, 9.17) is 4.74 Å². The van der Waals surface area contributed by atoms with Crippen molar-refractivity contribution in [1.29, 1.82) is 0 Å². The van der Waals surface area contributed by atoms with Gasteiger partial charge in [-0.1, -0.05) is 82.2 Å². The molecule has 0 radical (unpaired) electrons. The molecule has 0 atom stereocenters. The molecule has 0 saturated heterocycles. The SMILES string of the molecule is Cc1ccc(C(=O)c2ccccc2C(=O)OCc2ccccc2Br)cc1. The summed E-state index contributed by atoms with van der Waals surface area (Å²) in [4.78, 5) is 25.3. The predicted molar refractivity (Wildman–Crippen MR) is 104 cm³/mol. The molecule has 3 aromatic rings. The van der Waals surface area contributed by atoms with Gasteiger partial charge in [0.2, 0.25) is 0 Å². The van der Waals surface area contributed by atoms with Crippen LogP contribution in [0.25, 0.3) is 0 Å². The zero-order valence-corrected chi connectivity index (χ0v) is 15.8. The maximum atomic E-state index is 12.8. The molecular formula is C22H17BrO3. The van der Waals surface area contributed by atoms with Crippen molar-refractivity contribution >= 4 is 27.7 Å². The van der Waals surface area contributed by atoms with E-state index in [1.165, 1.54) is 0 Å². The molecule has 0 amide bonds. The Kier molecular flexibility index (Phi) is 5.64. The van der Waals surface area contributed by atoms with E-state index >= 15 is 0 Å². The van der Waals surface area contributed by atoms with Crippen LogP contribution >= 0.6 is 15.9 Å². The highest BCUT2D eigenvalue weighted by molar-refractivity contribution is 9.10. The van der Waals surface area contributed by atoms with Gasteiger partial charge in [-0.25, -0.2) is 4.79 Å². The zero-order valence-electron chi connectivity index (χ0n) is 14.2. The molecular weight excluding hydrogens is 392 g/mol. The Hall–Kier alpha value is -2.72. The number of halogens is 1. The van der Waals surface area contributed by atoms with Crippen molar-refractivity contribution in [3.8, 4) is 0 Å². The summed E-state index contributed by atoms with van der Waals surface area (Å²) in [7, 11) is 0. The molecule has 3 nitrogen and oxygen atoms in total. The number of benzene rings is 3. The lowest BCUT2D eigenvalue weighted by Crippen LogP contribution is -2.12. The Labute approximate surface area is 160 Å². The standard InChI is InChI=1S/C22H17BrO3/c1-15-10-12-16(13-11-15)21(24)18-7-3-4-8-19(18)22(25)26-14-17-6-2-5-9-20(17)23/h2-13H,14H2,1H3. The monoisotopic (exact) mass is 408 g/mol. The number of ether oxygens (including phenoxy) is 1. The number of ketones is 1. The maximum Gasteiger partial charge on any atom is 0.339 e. The molecule has 4 heteroatoms. The Bertz CT molecular complexity index is 946. The van der Waals surface area contributed by atoms with Gasteiger partial charge in [-0.3, -0.25) is 4.79 Å². The van der Waals surface area contributed by atoms with Crippen molar-refractivity contribution in [2.75, 3.05) is 0 Å². The number of esters is 1. The van der Waals surface area contributed by atoms with E-state index in [-0.39, 0.29) is 18.0 Å². The fraction of sp³-hybridized carbons (Fsp3) is 0.0909. The quantitative estimate of drug-likeness (QED) is 0.422. The van der Waals surface area contributed by atoms with E-state index in [2.05, 4.69) is 15.9 Å². The first-order valence-corrected chi connectivity index (χ1v) is 8.96. The minimum atomic E-state index is -0.517. The van der Waals surface area contributed by atoms with Crippen molar-refractivity contribution in [1.82, 2.24) is 0 Å². The first kappa shape index (κ1) is 18.1. The van der Waals surface area contributed by atoms with Crippen LogP contribution in [0.1, 0.15) is 37.4 Å². The molecule has 0 aromatic heterocycles. The van der Waals surface area contributed by atoms with Gasteiger partial charge in [0, 0.05) is 21.2 Å². The van der Waals surface area contributed by atoms with Gasteiger partial charge in [-0.05, 0) is 19.1 Å². The summed E-state index contributed by atoms with van der Waals surface area (Å²) in [6, 6.07) is 21.5. The molecule has 3 aromatic carbocycles. The molecule has 0 aliphatic rings. The van der Waals surface area contributed by atoms with E-state index < -0.39 is 5.97 Å². The van der Waals surface area contributed by atoms with Crippen LogP contribution in [0.2, 0.25) is 0 Å². The van der Waals surface area contributed by atoms with Crippen LogP contribution in [-0.2, 0) is 11.3 Å². The molecule has 0 spiro atoms. The number of aryl methyl sites for hydroxylation is 1. The van der Waals surface area contributed by atoms with E-state index in [0.29, 0.717) is 11.1 Å². The Morgan fingerprint density at radius 1 is 0.846 bits per heavy atom. The summed E-state index contributed by atoms with van der Waals surface area (Å²) in [5.74, 6) is -0.713. The average molecular weight is 409 g/mol. The van der Waals surface area contributed by atoms with Crippen LogP contribution in [0.15, 0.2) is 77.3 Å². The fourth-order valence-corrected chi connectivity index (χ4v) is 2.96. The molecule has 0 aliphatic heterocycles. The molecule has 0 fully saturated rings. The molecule has 130 valence electrons. The highest BCUT2D eigenvalue weighted by atomic mass is 79.9. The van der Waals surface area contributed by atoms with E-state index in [0.717, 1.165) is 15.6 Å². The minimum Gasteiger partial charge on any atom is -0.457 e. The molecule has 3 rings (SSSR count). The summed E-state index contributed by atoms with van der Waals surface area (Å²) in [6.07, 6.45) is 0. The van der Waals surface area contributed by atoms with Crippen molar-refractivity contribution in [2.45, 2.75) is 13.5 Å². The summed E-state index contributed by atoms with van der Waals surface area (Å²) < 4.78 is 6.29. The van der Waals surface area contributed by atoms with Gasteiger partial charge >= 0.3 is 5.97 Å². The highest BCUT2D eigenvalue weighted by Gasteiger charge is 2.19. The number of carbonyl (C=O) groups excluding carboxylic acids is 2. The zero-order chi connectivity index (χ0) is 18.5. The van der Waals surface area contributed by atoms with E-state index in [1.54, 1.807) is 36.4 Å². The van der Waals surface area contributed by atoms with E-state index in [1.807, 2.05) is 43.3 Å². The lowest BCUT2D eigenvalue weighted by Gasteiger charge is -2.10. The third kappa shape index (κ3) is 4.09. The third-order valence-corrected chi connectivity index (χ3v) is 4.80. The van der Waals surface area contributed by atoms with Gasteiger partial charge < -0.3 is 4.74 Å². The van der Waals surface area contributed by atoms with Crippen molar-refractivity contribution in [2.24, 2.45) is 0 Å². The summed E-state index contributed by atoms with van der Waals surface area (Å²) >= 11 is 3.43. The molecule has 0 N–H and O–H groups in total. The molecule has 0 unspecified atom stereocenters. The van der Waals surface area contributed by atoms with Gasteiger partial charge in [-0.2, -0.15) is 0 Å². The predicted octanol–water partition coefficient (Wildman–Crippen LogP) is 5.35. The Balaban J connectivity index is 1.82. The van der Waals surface area contributed by atoms with Gasteiger partial charge in [0.05, 0.1) is 5.56 Å². The first-order valence-electron chi connectivity index (χ1n) is 8.17. The van der Waals surface area contributed by atoms with Crippen molar-refractivity contribution in [3.63, 3.8) is 0 Å². The lowest BCUT2D eigenvalue weighted by atomic mass is 9.98. The van der Waals surface area contributed by atoms with Crippen LogP contribution in [-0.4, -0.2) is 11.8 Å². The summed E-state index contributed by atoms with van der Waals surface area (Å²) in [6.45, 7) is 2.09. The molecule has 0 bridgehead atoms. The Morgan fingerprint density at radius 3 is 2.15 bits per heavy atom. The molecule has 26 heavy (non-hydrogen) atoms. The molecule has 0 heterocycles. The van der Waals surface area contributed by atoms with Crippen molar-refractivity contribution < 1.29 is 14.3 Å². The van der Waals surface area contributed by atoms with Crippen LogP contribution in [0.5, 0.6) is 0 Å². The highest BCUT2D eigenvalue weighted by Crippen LogP contribution is 2.20. The molecule has 0 saturated carbocycles. The van der Waals surface area contributed by atoms with Gasteiger partial charge in [-0.15, -0.1) is 0 Å². The number of carbonyl (C=O) groups is 2. The van der Waals surface area contributed by atoms with Crippen molar-refractivity contribution in [3.05, 3.63) is 105 Å².